The number of nitrogens with one attached hydrogen (secondary N) is 1. The lowest BCUT2D eigenvalue weighted by Gasteiger charge is -2.21. The predicted octanol–water partition coefficient (Wildman–Crippen LogP) is 2.76. The highest BCUT2D eigenvalue weighted by atomic mass is 16.5. The van der Waals surface area contributed by atoms with Crippen molar-refractivity contribution >= 4 is 11.8 Å². The molecule has 1 rings (SSSR count). The van der Waals surface area contributed by atoms with Gasteiger partial charge in [0, 0.05) is 25.2 Å². The van der Waals surface area contributed by atoms with Crippen molar-refractivity contribution in [2.24, 2.45) is 0 Å². The number of amides is 2. The van der Waals surface area contributed by atoms with Crippen molar-refractivity contribution in [1.82, 2.24) is 10.2 Å². The van der Waals surface area contributed by atoms with Gasteiger partial charge in [-0.1, -0.05) is 18.2 Å². The maximum absolute atomic E-state index is 12.2. The molecule has 0 spiro atoms. The molecule has 1 aromatic rings. The van der Waals surface area contributed by atoms with Crippen molar-refractivity contribution in [3.05, 3.63) is 48.0 Å². The van der Waals surface area contributed by atoms with Gasteiger partial charge in [-0.25, -0.2) is 0 Å². The molecule has 5 nitrogen and oxygen atoms in total. The Labute approximate surface area is 144 Å². The smallest absolute Gasteiger partial charge is 0.253 e. The molecule has 0 saturated heterocycles. The van der Waals surface area contributed by atoms with E-state index in [2.05, 4.69) is 11.9 Å². The molecule has 0 saturated carbocycles. The van der Waals surface area contributed by atoms with E-state index in [4.69, 9.17) is 4.74 Å². The summed E-state index contributed by atoms with van der Waals surface area (Å²) >= 11 is 0. The normalized spacial score (nSPS) is 11.9. The monoisotopic (exact) mass is 332 g/mol. The summed E-state index contributed by atoms with van der Waals surface area (Å²) in [5, 5.41) is 2.83. The number of hydrogen-bond donors (Lipinski definition) is 1. The summed E-state index contributed by atoms with van der Waals surface area (Å²) in [6.45, 7) is 10.2. The summed E-state index contributed by atoms with van der Waals surface area (Å²) in [5.74, 6) is -0.163. The molecular weight excluding hydrogens is 304 g/mol. The lowest BCUT2D eigenvalue weighted by atomic mass is 10.1. The maximum atomic E-state index is 12.2. The van der Waals surface area contributed by atoms with Crippen LogP contribution in [0, 0.1) is 0 Å². The Bertz CT molecular complexity index is 552. The average Bonchev–Trinajstić information content (AvgIpc) is 2.58. The molecule has 2 amide bonds. The zero-order valence-corrected chi connectivity index (χ0v) is 15.0. The van der Waals surface area contributed by atoms with E-state index in [1.165, 1.54) is 0 Å². The second-order valence-electron chi connectivity index (χ2n) is 6.01. The van der Waals surface area contributed by atoms with Crippen molar-refractivity contribution in [2.45, 2.75) is 45.9 Å². The van der Waals surface area contributed by atoms with E-state index in [1.807, 2.05) is 26.0 Å². The Morgan fingerprint density at radius 3 is 2.42 bits per heavy atom. The lowest BCUT2D eigenvalue weighted by Crippen LogP contribution is -2.34. The summed E-state index contributed by atoms with van der Waals surface area (Å²) in [6.07, 6.45) is 1.98. The molecule has 24 heavy (non-hydrogen) atoms. The Hall–Kier alpha value is -2.14. The number of rotatable bonds is 9. The molecule has 0 fully saturated rings. The minimum absolute atomic E-state index is 0.00942. The Balaban J connectivity index is 2.51. The topological polar surface area (TPSA) is 58.6 Å². The van der Waals surface area contributed by atoms with Crippen LogP contribution in [-0.2, 0) is 16.1 Å². The van der Waals surface area contributed by atoms with Crippen LogP contribution in [0.3, 0.4) is 0 Å². The fourth-order valence-corrected chi connectivity index (χ4v) is 1.94. The molecular formula is C19H28N2O3. The minimum atomic E-state index is -0.495. The van der Waals surface area contributed by atoms with Crippen LogP contribution in [0.4, 0.5) is 0 Å². The van der Waals surface area contributed by atoms with Crippen LogP contribution in [0.2, 0.25) is 0 Å². The van der Waals surface area contributed by atoms with E-state index < -0.39 is 6.10 Å². The molecule has 0 bridgehead atoms. The standard InChI is InChI=1S/C19H28N2O3/c1-6-7-12-24-15(4)18(22)20-13-16-8-10-17(11-9-16)19(23)21(5)14(2)3/h6,8-11,14-15H,1,7,12-13H2,2-5H3,(H,20,22). The Morgan fingerprint density at radius 2 is 1.88 bits per heavy atom. The number of carbonyl (C=O) groups is 2. The van der Waals surface area contributed by atoms with Crippen molar-refractivity contribution in [2.75, 3.05) is 13.7 Å². The largest absolute Gasteiger partial charge is 0.368 e. The molecule has 1 N–H and O–H groups in total. The number of hydrogen-bond acceptors (Lipinski definition) is 3. The van der Waals surface area contributed by atoms with Gasteiger partial charge < -0.3 is 15.0 Å². The summed E-state index contributed by atoms with van der Waals surface area (Å²) in [5.41, 5.74) is 1.58. The van der Waals surface area contributed by atoms with Gasteiger partial charge in [-0.3, -0.25) is 9.59 Å². The first-order valence-corrected chi connectivity index (χ1v) is 8.23. The quantitative estimate of drug-likeness (QED) is 0.559. The van der Waals surface area contributed by atoms with E-state index in [-0.39, 0.29) is 17.9 Å². The van der Waals surface area contributed by atoms with E-state index in [0.717, 1.165) is 12.0 Å². The molecule has 1 aromatic carbocycles. The van der Waals surface area contributed by atoms with Crippen LogP contribution in [0.15, 0.2) is 36.9 Å². The number of nitrogens with zero attached hydrogens (tertiary/aromatic N) is 1. The van der Waals surface area contributed by atoms with Crippen molar-refractivity contribution in [3.63, 3.8) is 0 Å². The molecule has 0 aromatic heterocycles. The SMILES string of the molecule is C=CCCOC(C)C(=O)NCc1ccc(C(=O)N(C)C(C)C)cc1. The molecule has 0 aliphatic rings. The minimum Gasteiger partial charge on any atom is -0.368 e. The van der Waals surface area contributed by atoms with Gasteiger partial charge in [0.2, 0.25) is 5.91 Å². The van der Waals surface area contributed by atoms with Gasteiger partial charge in [0.25, 0.3) is 5.91 Å². The molecule has 1 unspecified atom stereocenters. The first-order valence-electron chi connectivity index (χ1n) is 8.23. The third-order valence-electron chi connectivity index (χ3n) is 3.82. The third kappa shape index (κ3) is 6.16. The van der Waals surface area contributed by atoms with Gasteiger partial charge >= 0.3 is 0 Å². The van der Waals surface area contributed by atoms with Crippen molar-refractivity contribution in [1.29, 1.82) is 0 Å². The zero-order valence-electron chi connectivity index (χ0n) is 15.0. The van der Waals surface area contributed by atoms with Crippen LogP contribution in [-0.4, -0.2) is 42.5 Å². The summed E-state index contributed by atoms with van der Waals surface area (Å²) in [6, 6.07) is 7.42. The summed E-state index contributed by atoms with van der Waals surface area (Å²) in [4.78, 5) is 25.8. The van der Waals surface area contributed by atoms with Gasteiger partial charge in [0.05, 0.1) is 6.61 Å². The fourth-order valence-electron chi connectivity index (χ4n) is 1.94. The lowest BCUT2D eigenvalue weighted by molar-refractivity contribution is -0.131. The molecule has 5 heteroatoms. The maximum Gasteiger partial charge on any atom is 0.253 e. The average molecular weight is 332 g/mol. The highest BCUT2D eigenvalue weighted by molar-refractivity contribution is 5.94. The first kappa shape index (κ1) is 19.9. The highest BCUT2D eigenvalue weighted by Gasteiger charge is 2.15. The second-order valence-corrected chi connectivity index (χ2v) is 6.01. The van der Waals surface area contributed by atoms with Crippen molar-refractivity contribution < 1.29 is 14.3 Å². The Kier molecular flexibility index (Phi) is 8.19. The van der Waals surface area contributed by atoms with Crippen LogP contribution in [0.25, 0.3) is 0 Å². The summed E-state index contributed by atoms with van der Waals surface area (Å²) in [7, 11) is 1.79. The van der Waals surface area contributed by atoms with E-state index in [9.17, 15) is 9.59 Å². The van der Waals surface area contributed by atoms with Crippen LogP contribution >= 0.6 is 0 Å². The van der Waals surface area contributed by atoms with Gasteiger partial charge in [-0.2, -0.15) is 0 Å². The van der Waals surface area contributed by atoms with Gasteiger partial charge in [0.15, 0.2) is 0 Å². The van der Waals surface area contributed by atoms with E-state index >= 15 is 0 Å². The van der Waals surface area contributed by atoms with Crippen LogP contribution < -0.4 is 5.32 Å². The third-order valence-corrected chi connectivity index (χ3v) is 3.82. The zero-order chi connectivity index (χ0) is 18.1. The van der Waals surface area contributed by atoms with Gasteiger partial charge in [-0.15, -0.1) is 6.58 Å². The number of carbonyl (C=O) groups excluding carboxylic acids is 2. The summed E-state index contributed by atoms with van der Waals surface area (Å²) < 4.78 is 5.40. The van der Waals surface area contributed by atoms with Gasteiger partial charge in [-0.05, 0) is 44.9 Å². The highest BCUT2D eigenvalue weighted by Crippen LogP contribution is 2.09. The molecule has 1 atom stereocenters. The molecule has 0 aliphatic carbocycles. The van der Waals surface area contributed by atoms with E-state index in [0.29, 0.717) is 18.7 Å². The fraction of sp³-hybridized carbons (Fsp3) is 0.474. The molecule has 132 valence electrons. The van der Waals surface area contributed by atoms with E-state index in [1.54, 1.807) is 37.1 Å². The van der Waals surface area contributed by atoms with Crippen LogP contribution in [0.1, 0.15) is 43.1 Å². The Morgan fingerprint density at radius 1 is 1.25 bits per heavy atom. The second kappa shape index (κ2) is 9.88. The number of ether oxygens (including phenoxy) is 1. The van der Waals surface area contributed by atoms with Crippen molar-refractivity contribution in [3.8, 4) is 0 Å². The molecule has 0 aliphatic heterocycles. The van der Waals surface area contributed by atoms with Crippen LogP contribution in [0.5, 0.6) is 0 Å². The first-order chi connectivity index (χ1) is 11.4. The molecule has 0 radical (unpaired) electrons. The van der Waals surface area contributed by atoms with Gasteiger partial charge in [0.1, 0.15) is 6.10 Å². The predicted molar refractivity (Wildman–Crippen MR) is 95.7 cm³/mol. The molecule has 0 heterocycles. The number of benzene rings is 1.